The van der Waals surface area contributed by atoms with Gasteiger partial charge in [-0.1, -0.05) is 0 Å². The highest BCUT2D eigenvalue weighted by Crippen LogP contribution is 2.42. The van der Waals surface area contributed by atoms with Crippen LogP contribution in [-0.4, -0.2) is 55.9 Å². The van der Waals surface area contributed by atoms with Gasteiger partial charge in [0.05, 0.1) is 30.7 Å². The number of carbonyl (C=O) groups is 1. The Labute approximate surface area is 249 Å². The molecule has 0 atom stereocenters. The number of sulfonamides is 1. The molecule has 0 unspecified atom stereocenters. The van der Waals surface area contributed by atoms with E-state index in [1.165, 1.54) is 55.6 Å². The van der Waals surface area contributed by atoms with Crippen molar-refractivity contribution >= 4 is 43.8 Å². The number of benzene rings is 3. The van der Waals surface area contributed by atoms with E-state index in [1.807, 2.05) is 0 Å². The number of carbonyl (C=O) groups excluding carboxylic acids is 1. The fourth-order valence-corrected chi connectivity index (χ4v) is 5.96. The van der Waals surface area contributed by atoms with Crippen molar-refractivity contribution in [2.75, 3.05) is 30.8 Å². The van der Waals surface area contributed by atoms with Gasteiger partial charge in [-0.2, -0.15) is 4.98 Å². The number of rotatable bonds is 8. The Kier molecular flexibility index (Phi) is 7.35. The van der Waals surface area contributed by atoms with Crippen LogP contribution in [0.2, 0.25) is 0 Å². The van der Waals surface area contributed by atoms with E-state index in [-0.39, 0.29) is 57.1 Å². The second kappa shape index (κ2) is 11.2. The lowest BCUT2D eigenvalue weighted by molar-refractivity contribution is 0.0964. The number of nitrogens with one attached hydrogen (secondary N) is 1. The first-order valence-corrected chi connectivity index (χ1v) is 15.1. The van der Waals surface area contributed by atoms with Crippen LogP contribution >= 0.6 is 0 Å². The average molecular weight is 619 g/mol. The van der Waals surface area contributed by atoms with Crippen LogP contribution in [0.1, 0.15) is 10.4 Å². The number of oxazole rings is 1. The number of aliphatic hydroxyl groups is 1. The van der Waals surface area contributed by atoms with Crippen molar-refractivity contribution in [1.82, 2.24) is 15.3 Å². The van der Waals surface area contributed by atoms with Crippen molar-refractivity contribution in [3.05, 3.63) is 90.1 Å². The molecule has 0 aliphatic rings. The minimum atomic E-state index is -3.97. The van der Waals surface area contributed by atoms with Crippen LogP contribution in [0.4, 0.5) is 14.5 Å². The molecule has 0 spiro atoms. The molecule has 3 aromatic heterocycles. The minimum absolute atomic E-state index is 0.0627. The maximum Gasteiger partial charge on any atom is 0.255 e. The van der Waals surface area contributed by atoms with E-state index in [0.717, 1.165) is 10.6 Å². The van der Waals surface area contributed by atoms with Crippen molar-refractivity contribution in [3.63, 3.8) is 0 Å². The highest BCUT2D eigenvalue weighted by atomic mass is 32.2. The van der Waals surface area contributed by atoms with Gasteiger partial charge in [0, 0.05) is 41.4 Å². The third kappa shape index (κ3) is 5.27. The summed E-state index contributed by atoms with van der Waals surface area (Å²) in [5, 5.41) is 12.6. The predicted octanol–water partition coefficient (Wildman–Crippen LogP) is 5.37. The molecule has 224 valence electrons. The molecule has 6 rings (SSSR count). The largest absolute Gasteiger partial charge is 0.455 e. The van der Waals surface area contributed by atoms with Gasteiger partial charge < -0.3 is 19.3 Å². The summed E-state index contributed by atoms with van der Waals surface area (Å²) in [5.74, 6) is -1.46. The third-order valence-corrected chi connectivity index (χ3v) is 8.14. The molecule has 0 aliphatic carbocycles. The number of pyridine rings is 1. The first kappa shape index (κ1) is 29.0. The first-order valence-electron chi connectivity index (χ1n) is 13.3. The maximum absolute atomic E-state index is 15.2. The topological polar surface area (TPSA) is 139 Å². The lowest BCUT2D eigenvalue weighted by atomic mass is 9.97. The molecule has 0 fully saturated rings. The Hall–Kier alpha value is -5.14. The number of aromatic nitrogens is 2. The summed E-state index contributed by atoms with van der Waals surface area (Å²) in [6.07, 6.45) is 2.52. The molecule has 13 heteroatoms. The lowest BCUT2D eigenvalue weighted by Gasteiger charge is -2.24. The predicted molar refractivity (Wildman–Crippen MR) is 160 cm³/mol. The van der Waals surface area contributed by atoms with E-state index in [2.05, 4.69) is 15.3 Å². The number of anilines is 1. The van der Waals surface area contributed by atoms with Gasteiger partial charge in [0.2, 0.25) is 15.9 Å². The summed E-state index contributed by atoms with van der Waals surface area (Å²) >= 11 is 0. The van der Waals surface area contributed by atoms with E-state index in [0.29, 0.717) is 16.8 Å². The van der Waals surface area contributed by atoms with Crippen molar-refractivity contribution in [2.45, 2.75) is 0 Å². The smallest absolute Gasteiger partial charge is 0.255 e. The quantitative estimate of drug-likeness (QED) is 0.232. The van der Waals surface area contributed by atoms with Gasteiger partial charge >= 0.3 is 0 Å². The second-order valence-corrected chi connectivity index (χ2v) is 11.8. The maximum atomic E-state index is 15.2. The summed E-state index contributed by atoms with van der Waals surface area (Å²) < 4.78 is 67.7. The van der Waals surface area contributed by atoms with E-state index >= 15 is 4.39 Å². The Morgan fingerprint density at radius 1 is 0.955 bits per heavy atom. The number of furan rings is 1. The van der Waals surface area contributed by atoms with Gasteiger partial charge in [0.25, 0.3) is 5.91 Å². The van der Waals surface area contributed by atoms with Gasteiger partial charge in [0.1, 0.15) is 23.0 Å². The zero-order chi connectivity index (χ0) is 31.2. The molecule has 0 bridgehead atoms. The van der Waals surface area contributed by atoms with Crippen molar-refractivity contribution in [2.24, 2.45) is 0 Å². The molecular formula is C31H24F2N4O6S. The van der Waals surface area contributed by atoms with Gasteiger partial charge in [0.15, 0.2) is 11.2 Å². The molecule has 0 saturated heterocycles. The monoisotopic (exact) mass is 618 g/mol. The lowest BCUT2D eigenvalue weighted by Crippen LogP contribution is -2.33. The Morgan fingerprint density at radius 2 is 1.70 bits per heavy atom. The second-order valence-electron chi connectivity index (χ2n) is 9.89. The summed E-state index contributed by atoms with van der Waals surface area (Å²) in [5.41, 5.74) is 2.11. The number of nitrogens with zero attached hydrogens (tertiary/aromatic N) is 3. The van der Waals surface area contributed by atoms with Crippen LogP contribution in [0.3, 0.4) is 0 Å². The normalized spacial score (nSPS) is 11.8. The number of hydrogen-bond acceptors (Lipinski definition) is 8. The zero-order valence-corrected chi connectivity index (χ0v) is 24.2. The standard InChI is InChI=1S/C31H24F2N4O6S/c1-34-30(39)27-23-15-22(18-12-19(14-21(33)13-18)31-36-29-25(43-31)4-3-9-35-29)24(37(10-11-38)44(2,40)41)16-26(23)42-28(27)17-5-7-20(32)8-6-17/h3-9,12-16,38H,10-11H2,1-2H3,(H,34,39). The molecule has 2 N–H and O–H groups in total. The van der Waals surface area contributed by atoms with Crippen molar-refractivity contribution < 1.29 is 35.9 Å². The summed E-state index contributed by atoms with van der Waals surface area (Å²) in [6, 6.07) is 15.6. The third-order valence-electron chi connectivity index (χ3n) is 6.96. The highest BCUT2D eigenvalue weighted by molar-refractivity contribution is 7.92. The number of hydrogen-bond donors (Lipinski definition) is 2. The van der Waals surface area contributed by atoms with E-state index in [9.17, 15) is 22.7 Å². The number of amides is 1. The molecule has 0 saturated carbocycles. The number of fused-ring (bicyclic) bond motifs is 2. The fourth-order valence-electron chi connectivity index (χ4n) is 5.04. The molecule has 0 radical (unpaired) electrons. The molecule has 3 heterocycles. The summed E-state index contributed by atoms with van der Waals surface area (Å²) in [4.78, 5) is 21.7. The van der Waals surface area contributed by atoms with Crippen LogP contribution in [0, 0.1) is 11.6 Å². The van der Waals surface area contributed by atoms with Crippen LogP contribution < -0.4 is 9.62 Å². The number of halogens is 2. The molecule has 1 amide bonds. The summed E-state index contributed by atoms with van der Waals surface area (Å²) in [6.45, 7) is -0.832. The van der Waals surface area contributed by atoms with E-state index in [4.69, 9.17) is 8.83 Å². The summed E-state index contributed by atoms with van der Waals surface area (Å²) in [7, 11) is -2.54. The van der Waals surface area contributed by atoms with Crippen LogP contribution in [-0.2, 0) is 10.0 Å². The van der Waals surface area contributed by atoms with Gasteiger partial charge in [-0.05, 0) is 66.2 Å². The fraction of sp³-hybridized carbons (Fsp3) is 0.129. The molecule has 10 nitrogen and oxygen atoms in total. The van der Waals surface area contributed by atoms with Gasteiger partial charge in [-0.15, -0.1) is 0 Å². The first-order chi connectivity index (χ1) is 21.1. The Bertz CT molecular complexity index is 2130. The van der Waals surface area contributed by atoms with Gasteiger partial charge in [-0.25, -0.2) is 22.2 Å². The molecule has 0 aliphatic heterocycles. The minimum Gasteiger partial charge on any atom is -0.455 e. The molecular weight excluding hydrogens is 594 g/mol. The molecule has 44 heavy (non-hydrogen) atoms. The molecule has 3 aromatic carbocycles. The average Bonchev–Trinajstić information content (AvgIpc) is 3.60. The Morgan fingerprint density at radius 3 is 2.39 bits per heavy atom. The van der Waals surface area contributed by atoms with Crippen molar-refractivity contribution in [1.29, 1.82) is 0 Å². The Balaban J connectivity index is 1.65. The highest BCUT2D eigenvalue weighted by Gasteiger charge is 2.28. The van der Waals surface area contributed by atoms with Crippen LogP contribution in [0.5, 0.6) is 0 Å². The van der Waals surface area contributed by atoms with Crippen LogP contribution in [0.15, 0.2) is 81.8 Å². The van der Waals surface area contributed by atoms with Crippen LogP contribution in [0.25, 0.3) is 56.1 Å². The SMILES string of the molecule is CNC(=O)c1c(-c2ccc(F)cc2)oc2cc(N(CCO)S(C)(=O)=O)c(-c3cc(F)cc(-c4nc5ncccc5o4)c3)cc12. The van der Waals surface area contributed by atoms with E-state index < -0.39 is 34.2 Å². The zero-order valence-electron chi connectivity index (χ0n) is 23.3. The van der Waals surface area contributed by atoms with E-state index in [1.54, 1.807) is 24.4 Å². The van der Waals surface area contributed by atoms with Crippen molar-refractivity contribution in [3.8, 4) is 33.9 Å². The molecule has 6 aromatic rings. The number of aliphatic hydroxyl groups excluding tert-OH is 1. The van der Waals surface area contributed by atoms with Gasteiger partial charge in [-0.3, -0.25) is 9.10 Å².